The number of nitrogens with zero attached hydrogens (tertiary/aromatic N) is 3. The molecule has 0 aliphatic carbocycles. The van der Waals surface area contributed by atoms with Crippen LogP contribution in [0.1, 0.15) is 11.4 Å². The van der Waals surface area contributed by atoms with Crippen molar-refractivity contribution in [1.82, 2.24) is 15.0 Å². The molecule has 1 aromatic rings. The Bertz CT molecular complexity index is 310. The van der Waals surface area contributed by atoms with E-state index in [-0.39, 0.29) is 12.3 Å². The Labute approximate surface area is 82.7 Å². The van der Waals surface area contributed by atoms with E-state index in [0.29, 0.717) is 5.82 Å². The SMILES string of the molecule is CON(C)C(=O)Cc1cnc(C)nc1. The number of carbonyl (C=O) groups is 1. The molecule has 1 rings (SSSR count). The summed E-state index contributed by atoms with van der Waals surface area (Å²) in [4.78, 5) is 24.1. The maximum Gasteiger partial charge on any atom is 0.250 e. The number of aromatic nitrogens is 2. The Morgan fingerprint density at radius 1 is 1.50 bits per heavy atom. The quantitative estimate of drug-likeness (QED) is 0.653. The molecule has 0 unspecified atom stereocenters. The summed E-state index contributed by atoms with van der Waals surface area (Å²) in [7, 11) is 3.01. The van der Waals surface area contributed by atoms with Crippen molar-refractivity contribution in [2.75, 3.05) is 14.2 Å². The summed E-state index contributed by atoms with van der Waals surface area (Å²) in [5, 5.41) is 1.18. The average Bonchev–Trinajstić information content (AvgIpc) is 2.20. The van der Waals surface area contributed by atoms with Gasteiger partial charge in [-0.3, -0.25) is 9.63 Å². The maximum absolute atomic E-state index is 11.4. The number of hydrogen-bond acceptors (Lipinski definition) is 4. The van der Waals surface area contributed by atoms with Crippen molar-refractivity contribution < 1.29 is 9.63 Å². The zero-order valence-electron chi connectivity index (χ0n) is 8.52. The molecule has 5 nitrogen and oxygen atoms in total. The third kappa shape index (κ3) is 2.77. The molecule has 0 aliphatic rings. The van der Waals surface area contributed by atoms with Gasteiger partial charge >= 0.3 is 0 Å². The molecule has 0 bridgehead atoms. The fraction of sp³-hybridized carbons (Fsp3) is 0.444. The van der Waals surface area contributed by atoms with Gasteiger partial charge in [0.1, 0.15) is 5.82 Å². The van der Waals surface area contributed by atoms with Crippen molar-refractivity contribution in [3.63, 3.8) is 0 Å². The Hall–Kier alpha value is -1.49. The van der Waals surface area contributed by atoms with Crippen molar-refractivity contribution in [1.29, 1.82) is 0 Å². The van der Waals surface area contributed by atoms with Gasteiger partial charge in [0.2, 0.25) is 5.91 Å². The summed E-state index contributed by atoms with van der Waals surface area (Å²) in [6.07, 6.45) is 3.54. The Balaban J connectivity index is 2.60. The van der Waals surface area contributed by atoms with E-state index in [2.05, 4.69) is 9.97 Å². The van der Waals surface area contributed by atoms with Gasteiger partial charge in [-0.25, -0.2) is 15.0 Å². The fourth-order valence-electron chi connectivity index (χ4n) is 0.898. The van der Waals surface area contributed by atoms with E-state index >= 15 is 0 Å². The molecule has 0 atom stereocenters. The van der Waals surface area contributed by atoms with E-state index < -0.39 is 0 Å². The van der Waals surface area contributed by atoms with Gasteiger partial charge in [0.15, 0.2) is 0 Å². The Morgan fingerprint density at radius 2 is 2.07 bits per heavy atom. The monoisotopic (exact) mass is 195 g/mol. The number of rotatable bonds is 3. The average molecular weight is 195 g/mol. The first kappa shape index (κ1) is 10.6. The van der Waals surface area contributed by atoms with Gasteiger partial charge in [-0.2, -0.15) is 0 Å². The number of hydrogen-bond donors (Lipinski definition) is 0. The molecule has 1 amide bonds. The van der Waals surface area contributed by atoms with Crippen LogP contribution in [0.2, 0.25) is 0 Å². The van der Waals surface area contributed by atoms with Crippen molar-refractivity contribution in [2.45, 2.75) is 13.3 Å². The van der Waals surface area contributed by atoms with Gasteiger partial charge in [0, 0.05) is 19.4 Å². The number of carbonyl (C=O) groups excluding carboxylic acids is 1. The van der Waals surface area contributed by atoms with Crippen LogP contribution in [0.3, 0.4) is 0 Å². The molecule has 0 radical (unpaired) electrons. The normalized spacial score (nSPS) is 9.93. The minimum Gasteiger partial charge on any atom is -0.275 e. The predicted octanol–water partition coefficient (Wildman–Crippen LogP) is 0.347. The number of hydroxylamine groups is 2. The molecular formula is C9H13N3O2. The topological polar surface area (TPSA) is 55.3 Å². The molecule has 5 heteroatoms. The van der Waals surface area contributed by atoms with Gasteiger partial charge < -0.3 is 0 Å². The lowest BCUT2D eigenvalue weighted by atomic mass is 10.2. The van der Waals surface area contributed by atoms with E-state index in [1.807, 2.05) is 0 Å². The van der Waals surface area contributed by atoms with Crippen LogP contribution in [0.15, 0.2) is 12.4 Å². The van der Waals surface area contributed by atoms with Gasteiger partial charge in [-0.1, -0.05) is 0 Å². The fourth-order valence-corrected chi connectivity index (χ4v) is 0.898. The number of likely N-dealkylation sites (N-methyl/N-ethyl adjacent to an activating group) is 1. The lowest BCUT2D eigenvalue weighted by Gasteiger charge is -2.12. The molecule has 0 saturated heterocycles. The minimum atomic E-state index is -0.125. The zero-order chi connectivity index (χ0) is 10.6. The highest BCUT2D eigenvalue weighted by Crippen LogP contribution is 1.99. The largest absolute Gasteiger partial charge is 0.275 e. The molecule has 76 valence electrons. The minimum absolute atomic E-state index is 0.125. The maximum atomic E-state index is 11.4. The van der Waals surface area contributed by atoms with Crippen LogP contribution < -0.4 is 0 Å². The second-order valence-electron chi connectivity index (χ2n) is 2.89. The third-order valence-corrected chi connectivity index (χ3v) is 1.81. The van der Waals surface area contributed by atoms with Gasteiger partial charge in [0.05, 0.1) is 13.5 Å². The standard InChI is InChI=1S/C9H13N3O2/c1-7-10-5-8(6-11-7)4-9(13)12(2)14-3/h5-6H,4H2,1-3H3. The Kier molecular flexibility index (Phi) is 3.53. The number of amides is 1. The van der Waals surface area contributed by atoms with Crippen LogP contribution in [-0.4, -0.2) is 35.1 Å². The molecule has 0 spiro atoms. The van der Waals surface area contributed by atoms with E-state index in [1.54, 1.807) is 26.4 Å². The van der Waals surface area contributed by atoms with Crippen molar-refractivity contribution >= 4 is 5.91 Å². The molecule has 0 aliphatic heterocycles. The first-order valence-corrected chi connectivity index (χ1v) is 4.21. The van der Waals surface area contributed by atoms with Gasteiger partial charge in [0.25, 0.3) is 0 Å². The molecular weight excluding hydrogens is 182 g/mol. The first-order valence-electron chi connectivity index (χ1n) is 4.21. The van der Waals surface area contributed by atoms with Gasteiger partial charge in [-0.15, -0.1) is 0 Å². The van der Waals surface area contributed by atoms with Crippen LogP contribution >= 0.6 is 0 Å². The highest BCUT2D eigenvalue weighted by Gasteiger charge is 2.08. The molecule has 1 aromatic heterocycles. The Morgan fingerprint density at radius 3 is 2.57 bits per heavy atom. The molecule has 0 N–H and O–H groups in total. The van der Waals surface area contributed by atoms with Crippen LogP contribution in [-0.2, 0) is 16.1 Å². The van der Waals surface area contributed by atoms with Crippen LogP contribution in [0.5, 0.6) is 0 Å². The molecule has 14 heavy (non-hydrogen) atoms. The number of aryl methyl sites for hydroxylation is 1. The molecule has 0 saturated carbocycles. The summed E-state index contributed by atoms with van der Waals surface area (Å²) in [6, 6.07) is 0. The van der Waals surface area contributed by atoms with E-state index in [1.165, 1.54) is 12.2 Å². The molecule has 1 heterocycles. The molecule has 0 aromatic carbocycles. The van der Waals surface area contributed by atoms with Crippen LogP contribution in [0.25, 0.3) is 0 Å². The van der Waals surface area contributed by atoms with Crippen molar-refractivity contribution in [2.24, 2.45) is 0 Å². The molecule has 0 fully saturated rings. The van der Waals surface area contributed by atoms with E-state index in [4.69, 9.17) is 4.84 Å². The summed E-state index contributed by atoms with van der Waals surface area (Å²) >= 11 is 0. The summed E-state index contributed by atoms with van der Waals surface area (Å²) < 4.78 is 0. The third-order valence-electron chi connectivity index (χ3n) is 1.81. The summed E-state index contributed by atoms with van der Waals surface area (Å²) in [5.41, 5.74) is 0.782. The summed E-state index contributed by atoms with van der Waals surface area (Å²) in [5.74, 6) is 0.571. The zero-order valence-corrected chi connectivity index (χ0v) is 8.52. The van der Waals surface area contributed by atoms with E-state index in [9.17, 15) is 4.79 Å². The lowest BCUT2D eigenvalue weighted by molar-refractivity contribution is -0.167. The van der Waals surface area contributed by atoms with Gasteiger partial charge in [-0.05, 0) is 12.5 Å². The summed E-state index contributed by atoms with van der Waals surface area (Å²) in [6.45, 7) is 1.80. The second-order valence-corrected chi connectivity index (χ2v) is 2.89. The van der Waals surface area contributed by atoms with Crippen molar-refractivity contribution in [3.8, 4) is 0 Å². The van der Waals surface area contributed by atoms with Crippen molar-refractivity contribution in [3.05, 3.63) is 23.8 Å². The van der Waals surface area contributed by atoms with E-state index in [0.717, 1.165) is 5.56 Å². The van der Waals surface area contributed by atoms with Crippen LogP contribution in [0.4, 0.5) is 0 Å². The smallest absolute Gasteiger partial charge is 0.250 e. The highest BCUT2D eigenvalue weighted by molar-refractivity contribution is 5.77. The second kappa shape index (κ2) is 4.66. The first-order chi connectivity index (χ1) is 6.63. The van der Waals surface area contributed by atoms with Crippen LogP contribution in [0, 0.1) is 6.92 Å². The predicted molar refractivity (Wildman–Crippen MR) is 50.3 cm³/mol. The highest BCUT2D eigenvalue weighted by atomic mass is 16.7. The lowest BCUT2D eigenvalue weighted by Crippen LogP contribution is -2.27.